The molecule has 60 valence electrons. The average molecular weight is 156 g/mol. The van der Waals surface area contributed by atoms with Crippen molar-refractivity contribution in [3.63, 3.8) is 0 Å². The minimum absolute atomic E-state index is 0.228. The Hall–Kier alpha value is -1.36. The summed E-state index contributed by atoms with van der Waals surface area (Å²) in [6, 6.07) is 2.88. The first-order valence-corrected chi connectivity index (χ1v) is 3.17. The second kappa shape index (κ2) is 3.16. The molecule has 0 amide bonds. The van der Waals surface area contributed by atoms with E-state index in [9.17, 15) is 10.1 Å². The Kier molecular flexibility index (Phi) is 2.22. The number of hydrogen-bond acceptors (Lipinski definition) is 4. The van der Waals surface area contributed by atoms with Gasteiger partial charge in [-0.1, -0.05) is 0 Å². The smallest absolute Gasteiger partial charge is 0.406 e. The summed E-state index contributed by atoms with van der Waals surface area (Å²) in [5, 5.41) is 10.1. The Labute approximate surface area is 62.9 Å². The van der Waals surface area contributed by atoms with Crippen LogP contribution in [0.2, 0.25) is 0 Å². The molecule has 0 saturated carbocycles. The highest BCUT2D eigenvalue weighted by Gasteiger charge is 2.10. The highest BCUT2D eigenvalue weighted by Crippen LogP contribution is 2.15. The maximum absolute atomic E-state index is 10.1. The zero-order chi connectivity index (χ0) is 8.27. The normalized spacial score (nSPS) is 9.91. The lowest BCUT2D eigenvalue weighted by molar-refractivity contribution is -0.402. The minimum Gasteiger partial charge on any atom is -0.406 e. The molecule has 2 N–H and O–H groups in total. The van der Waals surface area contributed by atoms with Crippen molar-refractivity contribution < 1.29 is 9.34 Å². The number of rotatable bonds is 3. The quantitative estimate of drug-likeness (QED) is 0.515. The van der Waals surface area contributed by atoms with Gasteiger partial charge in [-0.3, -0.25) is 10.1 Å². The molecule has 0 fully saturated rings. The van der Waals surface area contributed by atoms with Gasteiger partial charge in [0.05, 0.1) is 6.07 Å². The maximum Gasteiger partial charge on any atom is 0.433 e. The number of nitrogens with zero attached hydrogens (tertiary/aromatic N) is 1. The highest BCUT2D eigenvalue weighted by molar-refractivity contribution is 5.17. The summed E-state index contributed by atoms with van der Waals surface area (Å²) in [7, 11) is 0. The topological polar surface area (TPSA) is 82.3 Å². The van der Waals surface area contributed by atoms with Crippen molar-refractivity contribution in [1.29, 1.82) is 0 Å². The van der Waals surface area contributed by atoms with Crippen LogP contribution in [0.3, 0.4) is 0 Å². The molecule has 5 nitrogen and oxygen atoms in total. The Morgan fingerprint density at radius 3 is 2.82 bits per heavy atom. The van der Waals surface area contributed by atoms with Crippen molar-refractivity contribution in [3.8, 4) is 0 Å². The molecular formula is C6H8N2O3. The van der Waals surface area contributed by atoms with Crippen LogP contribution < -0.4 is 5.73 Å². The van der Waals surface area contributed by atoms with Crippen LogP contribution in [0.4, 0.5) is 5.88 Å². The lowest BCUT2D eigenvalue weighted by atomic mass is 10.3. The van der Waals surface area contributed by atoms with Crippen molar-refractivity contribution in [2.45, 2.75) is 6.42 Å². The number of hydrogen-bond donors (Lipinski definition) is 1. The van der Waals surface area contributed by atoms with Gasteiger partial charge in [-0.25, -0.2) is 0 Å². The molecule has 11 heavy (non-hydrogen) atoms. The molecule has 0 aliphatic rings. The molecule has 1 rings (SSSR count). The Balaban J connectivity index is 2.73. The second-order valence-corrected chi connectivity index (χ2v) is 2.04. The standard InChI is InChI=1S/C6H8N2O3/c7-4-3-5-1-2-6(11-5)8(9)10/h1-2H,3-4,7H2. The van der Waals surface area contributed by atoms with Gasteiger partial charge in [-0.05, 0) is 12.6 Å². The first-order valence-electron chi connectivity index (χ1n) is 3.17. The van der Waals surface area contributed by atoms with E-state index in [-0.39, 0.29) is 5.88 Å². The van der Waals surface area contributed by atoms with E-state index < -0.39 is 4.92 Å². The fourth-order valence-corrected chi connectivity index (χ4v) is 0.741. The molecule has 0 radical (unpaired) electrons. The monoisotopic (exact) mass is 156 g/mol. The first kappa shape index (κ1) is 7.74. The van der Waals surface area contributed by atoms with E-state index in [1.165, 1.54) is 6.07 Å². The van der Waals surface area contributed by atoms with Gasteiger partial charge >= 0.3 is 5.88 Å². The largest absolute Gasteiger partial charge is 0.433 e. The molecule has 0 aliphatic heterocycles. The fraction of sp³-hybridized carbons (Fsp3) is 0.333. The van der Waals surface area contributed by atoms with Gasteiger partial charge in [-0.15, -0.1) is 0 Å². The lowest BCUT2D eigenvalue weighted by Gasteiger charge is -1.87. The van der Waals surface area contributed by atoms with Crippen LogP contribution >= 0.6 is 0 Å². The van der Waals surface area contributed by atoms with E-state index in [1.807, 2.05) is 0 Å². The molecule has 0 saturated heterocycles. The van der Waals surface area contributed by atoms with E-state index in [2.05, 4.69) is 0 Å². The predicted octanol–water partition coefficient (Wildman–Crippen LogP) is 0.689. The van der Waals surface area contributed by atoms with Gasteiger partial charge in [0.15, 0.2) is 0 Å². The van der Waals surface area contributed by atoms with Gasteiger partial charge in [0, 0.05) is 6.42 Å². The van der Waals surface area contributed by atoms with Crippen LogP contribution in [0.1, 0.15) is 5.76 Å². The lowest BCUT2D eigenvalue weighted by Crippen LogP contribution is -2.01. The van der Waals surface area contributed by atoms with E-state index in [0.29, 0.717) is 18.7 Å². The first-order chi connectivity index (χ1) is 5.24. The molecule has 0 bridgehead atoms. The van der Waals surface area contributed by atoms with Crippen molar-refractivity contribution in [2.75, 3.05) is 6.54 Å². The highest BCUT2D eigenvalue weighted by atomic mass is 16.6. The second-order valence-electron chi connectivity index (χ2n) is 2.04. The third kappa shape index (κ3) is 1.78. The van der Waals surface area contributed by atoms with E-state index in [0.717, 1.165) is 0 Å². The van der Waals surface area contributed by atoms with Crippen molar-refractivity contribution in [1.82, 2.24) is 0 Å². The zero-order valence-electron chi connectivity index (χ0n) is 5.82. The number of nitrogens with two attached hydrogens (primary N) is 1. The Morgan fingerprint density at radius 2 is 2.36 bits per heavy atom. The van der Waals surface area contributed by atoms with Gasteiger partial charge < -0.3 is 10.2 Å². The summed E-state index contributed by atoms with van der Waals surface area (Å²) < 4.78 is 4.81. The predicted molar refractivity (Wildman–Crippen MR) is 38.1 cm³/mol. The molecule has 0 atom stereocenters. The van der Waals surface area contributed by atoms with Gasteiger partial charge in [0.25, 0.3) is 0 Å². The van der Waals surface area contributed by atoms with Crippen LogP contribution in [-0.2, 0) is 6.42 Å². The molecule has 0 spiro atoms. The Morgan fingerprint density at radius 1 is 1.64 bits per heavy atom. The van der Waals surface area contributed by atoms with E-state index >= 15 is 0 Å². The molecule has 1 aromatic rings. The van der Waals surface area contributed by atoms with Crippen LogP contribution in [0.25, 0.3) is 0 Å². The molecule has 0 aliphatic carbocycles. The van der Waals surface area contributed by atoms with Gasteiger partial charge in [-0.2, -0.15) is 0 Å². The summed E-state index contributed by atoms with van der Waals surface area (Å²) in [6.07, 6.45) is 0.536. The third-order valence-corrected chi connectivity index (χ3v) is 1.22. The molecule has 0 aromatic carbocycles. The third-order valence-electron chi connectivity index (χ3n) is 1.22. The minimum atomic E-state index is -0.569. The van der Waals surface area contributed by atoms with Gasteiger partial charge in [0.1, 0.15) is 10.7 Å². The average Bonchev–Trinajstić information content (AvgIpc) is 2.37. The summed E-state index contributed by atoms with van der Waals surface area (Å²) >= 11 is 0. The van der Waals surface area contributed by atoms with Crippen molar-refractivity contribution >= 4 is 5.88 Å². The summed E-state index contributed by atoms with van der Waals surface area (Å²) in [6.45, 7) is 0.435. The maximum atomic E-state index is 10.1. The van der Waals surface area contributed by atoms with E-state index in [4.69, 9.17) is 10.2 Å². The molecular weight excluding hydrogens is 148 g/mol. The van der Waals surface area contributed by atoms with Crippen LogP contribution in [0, 0.1) is 10.1 Å². The molecule has 5 heteroatoms. The van der Waals surface area contributed by atoms with Crippen molar-refractivity contribution in [3.05, 3.63) is 28.0 Å². The SMILES string of the molecule is NCCc1ccc([N+](=O)[O-])o1. The summed E-state index contributed by atoms with van der Waals surface area (Å²) in [5.74, 6) is 0.327. The van der Waals surface area contributed by atoms with E-state index in [1.54, 1.807) is 6.07 Å². The molecule has 1 heterocycles. The van der Waals surface area contributed by atoms with Crippen LogP contribution in [0.5, 0.6) is 0 Å². The zero-order valence-corrected chi connectivity index (χ0v) is 5.82. The number of furan rings is 1. The molecule has 1 aromatic heterocycles. The summed E-state index contributed by atoms with van der Waals surface area (Å²) in [4.78, 5) is 9.53. The van der Waals surface area contributed by atoms with Crippen LogP contribution in [0.15, 0.2) is 16.5 Å². The number of nitro groups is 1. The fourth-order valence-electron chi connectivity index (χ4n) is 0.741. The van der Waals surface area contributed by atoms with Crippen LogP contribution in [-0.4, -0.2) is 11.5 Å². The Bertz CT molecular complexity index is 256. The molecule has 0 unspecified atom stereocenters. The summed E-state index contributed by atoms with van der Waals surface area (Å²) in [5.41, 5.74) is 5.22. The van der Waals surface area contributed by atoms with Crippen molar-refractivity contribution in [2.24, 2.45) is 5.73 Å². The van der Waals surface area contributed by atoms with Gasteiger partial charge in [0.2, 0.25) is 0 Å².